The Labute approximate surface area is 174 Å². The van der Waals surface area contributed by atoms with Crippen molar-refractivity contribution in [1.82, 2.24) is 24.5 Å². The number of H-pyrrole nitrogens is 1. The summed E-state index contributed by atoms with van der Waals surface area (Å²) in [6.07, 6.45) is 3.19. The molecule has 10 heteroatoms. The summed E-state index contributed by atoms with van der Waals surface area (Å²) in [5.41, 5.74) is 1.37. The van der Waals surface area contributed by atoms with E-state index in [-0.39, 0.29) is 18.1 Å². The van der Waals surface area contributed by atoms with Crippen LogP contribution in [0.4, 0.5) is 10.1 Å². The summed E-state index contributed by atoms with van der Waals surface area (Å²) in [5, 5.41) is 14.1. The minimum absolute atomic E-state index is 0.0875. The first-order chi connectivity index (χ1) is 14.0. The molecule has 0 saturated heterocycles. The SMILES string of the molecule is O=C(Cn1c(-c2ccc(Cl)cc2)n[nH]c1=S)Nc1ccc(-n2cccn2)c(F)c1. The minimum Gasteiger partial charge on any atom is -0.324 e. The Hall–Kier alpha value is -3.30. The largest absolute Gasteiger partial charge is 0.324 e. The fourth-order valence-electron chi connectivity index (χ4n) is 2.81. The Morgan fingerprint density at radius 3 is 2.72 bits per heavy atom. The third-order valence-corrected chi connectivity index (χ3v) is 4.71. The van der Waals surface area contributed by atoms with Gasteiger partial charge in [0.15, 0.2) is 16.4 Å². The smallest absolute Gasteiger partial charge is 0.244 e. The number of amides is 1. The highest BCUT2D eigenvalue weighted by Crippen LogP contribution is 2.21. The molecule has 4 rings (SSSR count). The van der Waals surface area contributed by atoms with Gasteiger partial charge in [-0.15, -0.1) is 0 Å². The summed E-state index contributed by atoms with van der Waals surface area (Å²) in [6, 6.07) is 13.1. The number of nitrogens with one attached hydrogen (secondary N) is 2. The summed E-state index contributed by atoms with van der Waals surface area (Å²) in [6.45, 7) is -0.0875. The van der Waals surface area contributed by atoms with Gasteiger partial charge in [0.2, 0.25) is 5.91 Å². The summed E-state index contributed by atoms with van der Waals surface area (Å²) < 4.78 is 17.6. The molecule has 0 saturated carbocycles. The maximum Gasteiger partial charge on any atom is 0.244 e. The van der Waals surface area contributed by atoms with Crippen molar-refractivity contribution in [3.63, 3.8) is 0 Å². The Morgan fingerprint density at radius 2 is 2.03 bits per heavy atom. The van der Waals surface area contributed by atoms with Crippen molar-refractivity contribution >= 4 is 35.4 Å². The van der Waals surface area contributed by atoms with E-state index in [9.17, 15) is 9.18 Å². The van der Waals surface area contributed by atoms with Crippen LogP contribution in [-0.4, -0.2) is 30.5 Å². The molecule has 7 nitrogen and oxygen atoms in total. The topological polar surface area (TPSA) is 80.5 Å². The predicted octanol–water partition coefficient (Wildman–Crippen LogP) is 4.22. The molecule has 0 aliphatic heterocycles. The molecule has 0 fully saturated rings. The number of benzene rings is 2. The molecule has 0 aliphatic rings. The Bertz CT molecular complexity index is 1220. The number of hydrogen-bond donors (Lipinski definition) is 2. The molecule has 2 aromatic carbocycles. The first-order valence-corrected chi connectivity index (χ1v) is 9.30. The second-order valence-electron chi connectivity index (χ2n) is 6.11. The van der Waals surface area contributed by atoms with Crippen molar-refractivity contribution in [3.8, 4) is 17.1 Å². The quantitative estimate of drug-likeness (QED) is 0.466. The lowest BCUT2D eigenvalue weighted by Crippen LogP contribution is -2.19. The first kappa shape index (κ1) is 19.0. The normalized spacial score (nSPS) is 10.8. The van der Waals surface area contributed by atoms with Crippen molar-refractivity contribution in [3.05, 3.63) is 76.5 Å². The highest BCUT2D eigenvalue weighted by molar-refractivity contribution is 7.71. The molecule has 2 heterocycles. The van der Waals surface area contributed by atoms with Gasteiger partial charge in [0.25, 0.3) is 0 Å². The van der Waals surface area contributed by atoms with Gasteiger partial charge < -0.3 is 5.32 Å². The molecule has 2 aromatic heterocycles. The van der Waals surface area contributed by atoms with Crippen LogP contribution in [0.2, 0.25) is 5.02 Å². The van der Waals surface area contributed by atoms with Gasteiger partial charge in [0.1, 0.15) is 12.2 Å². The summed E-state index contributed by atoms with van der Waals surface area (Å²) >= 11 is 11.2. The molecule has 0 spiro atoms. The van der Waals surface area contributed by atoms with Crippen molar-refractivity contribution in [2.45, 2.75) is 6.54 Å². The summed E-state index contributed by atoms with van der Waals surface area (Å²) in [7, 11) is 0. The Kier molecular flexibility index (Phi) is 5.24. The number of rotatable bonds is 5. The number of halogens is 2. The second-order valence-corrected chi connectivity index (χ2v) is 6.93. The third kappa shape index (κ3) is 4.10. The van der Waals surface area contributed by atoms with E-state index in [1.807, 2.05) is 0 Å². The van der Waals surface area contributed by atoms with Gasteiger partial charge in [-0.25, -0.2) is 9.07 Å². The van der Waals surface area contributed by atoms with Gasteiger partial charge in [0, 0.05) is 28.7 Å². The zero-order chi connectivity index (χ0) is 20.4. The number of carbonyl (C=O) groups excluding carboxylic acids is 1. The van der Waals surface area contributed by atoms with Crippen molar-refractivity contribution in [2.75, 3.05) is 5.32 Å². The van der Waals surface area contributed by atoms with Gasteiger partial charge in [-0.2, -0.15) is 10.2 Å². The van der Waals surface area contributed by atoms with E-state index >= 15 is 0 Å². The molecule has 146 valence electrons. The van der Waals surface area contributed by atoms with Gasteiger partial charge in [-0.3, -0.25) is 14.5 Å². The van der Waals surface area contributed by atoms with E-state index in [0.717, 1.165) is 5.56 Å². The number of nitrogens with zero attached hydrogens (tertiary/aromatic N) is 4. The zero-order valence-electron chi connectivity index (χ0n) is 14.8. The third-order valence-electron chi connectivity index (χ3n) is 4.15. The van der Waals surface area contributed by atoms with Crippen LogP contribution in [0.3, 0.4) is 0 Å². The van der Waals surface area contributed by atoms with E-state index in [2.05, 4.69) is 20.6 Å². The van der Waals surface area contributed by atoms with Crippen LogP contribution in [0.25, 0.3) is 17.1 Å². The number of aromatic amines is 1. The molecular weight excluding hydrogens is 415 g/mol. The van der Waals surface area contributed by atoms with Crippen LogP contribution >= 0.6 is 23.8 Å². The molecule has 0 aliphatic carbocycles. The molecule has 0 bridgehead atoms. The molecule has 0 radical (unpaired) electrons. The lowest BCUT2D eigenvalue weighted by molar-refractivity contribution is -0.116. The lowest BCUT2D eigenvalue weighted by Gasteiger charge is -2.10. The summed E-state index contributed by atoms with van der Waals surface area (Å²) in [4.78, 5) is 12.5. The fourth-order valence-corrected chi connectivity index (χ4v) is 3.13. The van der Waals surface area contributed by atoms with Crippen LogP contribution in [0, 0.1) is 10.6 Å². The average molecular weight is 429 g/mol. The maximum atomic E-state index is 14.4. The van der Waals surface area contributed by atoms with Crippen molar-refractivity contribution in [2.24, 2.45) is 0 Å². The highest BCUT2D eigenvalue weighted by atomic mass is 35.5. The van der Waals surface area contributed by atoms with Gasteiger partial charge in [0.05, 0.1) is 0 Å². The lowest BCUT2D eigenvalue weighted by atomic mass is 10.2. The minimum atomic E-state index is -0.506. The van der Waals surface area contributed by atoms with Crippen LogP contribution in [-0.2, 0) is 11.3 Å². The average Bonchev–Trinajstić information content (AvgIpc) is 3.34. The second kappa shape index (κ2) is 7.98. The van der Waals surface area contributed by atoms with Gasteiger partial charge in [-0.1, -0.05) is 11.6 Å². The Morgan fingerprint density at radius 1 is 1.24 bits per heavy atom. The van der Waals surface area contributed by atoms with Gasteiger partial charge in [-0.05, 0) is 60.7 Å². The monoisotopic (exact) mass is 428 g/mol. The highest BCUT2D eigenvalue weighted by Gasteiger charge is 2.14. The van der Waals surface area contributed by atoms with E-state index in [4.69, 9.17) is 23.8 Å². The molecule has 4 aromatic rings. The molecule has 0 unspecified atom stereocenters. The molecule has 29 heavy (non-hydrogen) atoms. The predicted molar refractivity (Wildman–Crippen MR) is 110 cm³/mol. The van der Waals surface area contributed by atoms with E-state index in [1.165, 1.54) is 10.7 Å². The summed E-state index contributed by atoms with van der Waals surface area (Å²) in [5.74, 6) is -0.376. The van der Waals surface area contributed by atoms with Crippen LogP contribution in [0.15, 0.2) is 60.9 Å². The van der Waals surface area contributed by atoms with E-state index < -0.39 is 5.82 Å². The van der Waals surface area contributed by atoms with E-state index in [1.54, 1.807) is 59.4 Å². The standard InChI is InChI=1S/C19H14ClFN6OS/c20-13-4-2-12(3-5-13)18-24-25-19(29)26(18)11-17(28)23-14-6-7-16(15(21)10-14)27-9-1-8-22-27/h1-10H,11H2,(H,23,28)(H,25,29). The number of anilines is 1. The number of hydrogen-bond acceptors (Lipinski definition) is 4. The molecule has 1 amide bonds. The van der Waals surface area contributed by atoms with Crippen molar-refractivity contribution in [1.29, 1.82) is 0 Å². The molecule has 2 N–H and O–H groups in total. The zero-order valence-corrected chi connectivity index (χ0v) is 16.4. The van der Waals surface area contributed by atoms with E-state index in [0.29, 0.717) is 21.3 Å². The number of aromatic nitrogens is 5. The molecule has 0 atom stereocenters. The van der Waals surface area contributed by atoms with Crippen molar-refractivity contribution < 1.29 is 9.18 Å². The fraction of sp³-hybridized carbons (Fsp3) is 0.0526. The maximum absolute atomic E-state index is 14.4. The molecular formula is C19H14ClFN6OS. The van der Waals surface area contributed by atoms with Crippen LogP contribution < -0.4 is 5.32 Å². The van der Waals surface area contributed by atoms with Crippen LogP contribution in [0.1, 0.15) is 0 Å². The Balaban J connectivity index is 1.52. The van der Waals surface area contributed by atoms with Crippen LogP contribution in [0.5, 0.6) is 0 Å². The van der Waals surface area contributed by atoms with Gasteiger partial charge >= 0.3 is 0 Å². The number of carbonyl (C=O) groups is 1. The first-order valence-electron chi connectivity index (χ1n) is 8.52.